The Hall–Kier alpha value is -3.16. The zero-order valence-corrected chi connectivity index (χ0v) is 17.6. The summed E-state index contributed by atoms with van der Waals surface area (Å²) in [6.07, 6.45) is 0. The van der Waals surface area contributed by atoms with Crippen molar-refractivity contribution in [3.63, 3.8) is 0 Å². The summed E-state index contributed by atoms with van der Waals surface area (Å²) in [5, 5.41) is 4.98. The molecule has 0 aliphatic rings. The van der Waals surface area contributed by atoms with Gasteiger partial charge >= 0.3 is 0 Å². The van der Waals surface area contributed by atoms with E-state index in [-0.39, 0.29) is 4.90 Å². The standard InChI is InChI=1S/C23H23N3O3S/c1-3-26-21-12-8-7-11-19(21)20-15-17(13-14-22(20)26)24-23(27)16(2)25-30(28,29)18-9-5-4-6-10-18/h4-16,25H,3H2,1-2H3,(H,24,27)/t16-/m0/s1. The van der Waals surface area contributed by atoms with E-state index in [2.05, 4.69) is 33.7 Å². The van der Waals surface area contributed by atoms with E-state index in [0.717, 1.165) is 28.4 Å². The molecule has 4 rings (SSSR count). The molecule has 0 radical (unpaired) electrons. The first kappa shape index (κ1) is 20.1. The molecule has 6 nitrogen and oxygen atoms in total. The summed E-state index contributed by atoms with van der Waals surface area (Å²) >= 11 is 0. The fourth-order valence-electron chi connectivity index (χ4n) is 3.68. The number of fused-ring (bicyclic) bond motifs is 3. The lowest BCUT2D eigenvalue weighted by Crippen LogP contribution is -2.41. The number of hydrogen-bond donors (Lipinski definition) is 2. The summed E-state index contributed by atoms with van der Waals surface area (Å²) in [6.45, 7) is 4.47. The highest BCUT2D eigenvalue weighted by Crippen LogP contribution is 2.31. The van der Waals surface area contributed by atoms with Crippen molar-refractivity contribution >= 4 is 43.4 Å². The quantitative estimate of drug-likeness (QED) is 0.491. The third-order valence-corrected chi connectivity index (χ3v) is 6.69. The van der Waals surface area contributed by atoms with Crippen LogP contribution in [0.3, 0.4) is 0 Å². The van der Waals surface area contributed by atoms with Crippen molar-refractivity contribution in [2.24, 2.45) is 0 Å². The molecular weight excluding hydrogens is 398 g/mol. The minimum atomic E-state index is -3.77. The molecule has 1 atom stereocenters. The van der Waals surface area contributed by atoms with Gasteiger partial charge in [0.05, 0.1) is 10.9 Å². The van der Waals surface area contributed by atoms with Crippen molar-refractivity contribution < 1.29 is 13.2 Å². The molecule has 0 unspecified atom stereocenters. The first-order valence-corrected chi connectivity index (χ1v) is 11.3. The van der Waals surface area contributed by atoms with E-state index in [0.29, 0.717) is 5.69 Å². The fraction of sp³-hybridized carbons (Fsp3) is 0.174. The number of carbonyl (C=O) groups excluding carboxylic acids is 1. The molecule has 1 aromatic heterocycles. The molecule has 154 valence electrons. The molecule has 4 aromatic rings. The number of nitrogens with one attached hydrogen (secondary N) is 2. The molecule has 1 amide bonds. The Morgan fingerprint density at radius 3 is 2.33 bits per heavy atom. The summed E-state index contributed by atoms with van der Waals surface area (Å²) in [7, 11) is -3.77. The zero-order valence-electron chi connectivity index (χ0n) is 16.8. The predicted molar refractivity (Wildman–Crippen MR) is 120 cm³/mol. The second-order valence-corrected chi connectivity index (χ2v) is 8.85. The minimum Gasteiger partial charge on any atom is -0.341 e. The summed E-state index contributed by atoms with van der Waals surface area (Å²) < 4.78 is 29.6. The molecular formula is C23H23N3O3S. The normalized spacial score (nSPS) is 12.9. The number of benzene rings is 3. The molecule has 1 heterocycles. The Morgan fingerprint density at radius 2 is 1.60 bits per heavy atom. The number of rotatable bonds is 6. The van der Waals surface area contributed by atoms with E-state index >= 15 is 0 Å². The summed E-state index contributed by atoms with van der Waals surface area (Å²) in [5.41, 5.74) is 2.86. The van der Waals surface area contributed by atoms with Crippen molar-refractivity contribution in [3.8, 4) is 0 Å². The first-order valence-electron chi connectivity index (χ1n) is 9.80. The third kappa shape index (κ3) is 3.69. The van der Waals surface area contributed by atoms with Gasteiger partial charge in [-0.15, -0.1) is 0 Å². The Kier molecular flexibility index (Phi) is 5.32. The van der Waals surface area contributed by atoms with Gasteiger partial charge in [0, 0.05) is 34.0 Å². The van der Waals surface area contributed by atoms with Crippen LogP contribution in [0.5, 0.6) is 0 Å². The van der Waals surface area contributed by atoms with E-state index in [9.17, 15) is 13.2 Å². The molecule has 3 aromatic carbocycles. The molecule has 7 heteroatoms. The molecule has 0 saturated heterocycles. The maximum atomic E-state index is 12.6. The molecule has 0 spiro atoms. The summed E-state index contributed by atoms with van der Waals surface area (Å²) in [5.74, 6) is -0.423. The maximum absolute atomic E-state index is 12.6. The van der Waals surface area contributed by atoms with Gasteiger partial charge in [-0.05, 0) is 50.2 Å². The first-order chi connectivity index (χ1) is 14.4. The third-order valence-electron chi connectivity index (χ3n) is 5.13. The maximum Gasteiger partial charge on any atom is 0.242 e. The van der Waals surface area contributed by atoms with Crippen LogP contribution in [0, 0.1) is 0 Å². The fourth-order valence-corrected chi connectivity index (χ4v) is 4.90. The lowest BCUT2D eigenvalue weighted by molar-refractivity contribution is -0.117. The van der Waals surface area contributed by atoms with Gasteiger partial charge in [0.25, 0.3) is 0 Å². The molecule has 30 heavy (non-hydrogen) atoms. The largest absolute Gasteiger partial charge is 0.341 e. The van der Waals surface area contributed by atoms with Crippen LogP contribution < -0.4 is 10.0 Å². The Labute approximate surface area is 175 Å². The number of aromatic nitrogens is 1. The molecule has 2 N–H and O–H groups in total. The molecule has 0 aliphatic heterocycles. The van der Waals surface area contributed by atoms with Gasteiger partial charge < -0.3 is 9.88 Å². The van der Waals surface area contributed by atoms with E-state index < -0.39 is 22.0 Å². The van der Waals surface area contributed by atoms with Gasteiger partial charge in [0.15, 0.2) is 0 Å². The van der Waals surface area contributed by atoms with Crippen LogP contribution in [0.1, 0.15) is 13.8 Å². The average Bonchev–Trinajstić information content (AvgIpc) is 3.07. The van der Waals surface area contributed by atoms with Crippen molar-refractivity contribution in [1.82, 2.24) is 9.29 Å². The summed E-state index contributed by atoms with van der Waals surface area (Å²) in [4.78, 5) is 12.8. The minimum absolute atomic E-state index is 0.124. The van der Waals surface area contributed by atoms with Crippen molar-refractivity contribution in [3.05, 3.63) is 72.8 Å². The summed E-state index contributed by atoms with van der Waals surface area (Å²) in [6, 6.07) is 21.0. The van der Waals surface area contributed by atoms with Crippen molar-refractivity contribution in [2.75, 3.05) is 5.32 Å². The van der Waals surface area contributed by atoms with Gasteiger partial charge in [-0.1, -0.05) is 36.4 Å². The van der Waals surface area contributed by atoms with Gasteiger partial charge in [-0.25, -0.2) is 8.42 Å². The van der Waals surface area contributed by atoms with Gasteiger partial charge in [0.2, 0.25) is 15.9 Å². The van der Waals surface area contributed by atoms with E-state index in [1.54, 1.807) is 18.2 Å². The van der Waals surface area contributed by atoms with Crippen LogP contribution in [0.4, 0.5) is 5.69 Å². The van der Waals surface area contributed by atoms with Gasteiger partial charge in [-0.2, -0.15) is 4.72 Å². The highest BCUT2D eigenvalue weighted by atomic mass is 32.2. The number of hydrogen-bond acceptors (Lipinski definition) is 3. The molecule has 0 saturated carbocycles. The van der Waals surface area contributed by atoms with E-state index in [1.807, 2.05) is 30.3 Å². The zero-order chi connectivity index (χ0) is 21.3. The molecule has 0 fully saturated rings. The highest BCUT2D eigenvalue weighted by molar-refractivity contribution is 7.89. The molecule has 0 bridgehead atoms. The predicted octanol–water partition coefficient (Wildman–Crippen LogP) is 4.12. The SMILES string of the molecule is CCn1c2ccccc2c2cc(NC(=O)[C@H](C)NS(=O)(=O)c3ccccc3)ccc21. The van der Waals surface area contributed by atoms with Crippen LogP contribution in [0.25, 0.3) is 21.8 Å². The number of carbonyl (C=O) groups is 1. The lowest BCUT2D eigenvalue weighted by Gasteiger charge is -2.14. The average molecular weight is 422 g/mol. The second kappa shape index (κ2) is 7.93. The molecule has 0 aliphatic carbocycles. The van der Waals surface area contributed by atoms with Crippen molar-refractivity contribution in [1.29, 1.82) is 0 Å². The van der Waals surface area contributed by atoms with E-state index in [1.165, 1.54) is 19.1 Å². The van der Waals surface area contributed by atoms with Crippen LogP contribution in [-0.4, -0.2) is 24.9 Å². The smallest absolute Gasteiger partial charge is 0.242 e. The Balaban J connectivity index is 1.58. The number of anilines is 1. The van der Waals surface area contributed by atoms with Crippen molar-refractivity contribution in [2.45, 2.75) is 31.3 Å². The Bertz CT molecular complexity index is 1330. The number of amides is 1. The van der Waals surface area contributed by atoms with Crippen LogP contribution in [-0.2, 0) is 21.4 Å². The number of para-hydroxylation sites is 1. The van der Waals surface area contributed by atoms with Crippen LogP contribution in [0.2, 0.25) is 0 Å². The van der Waals surface area contributed by atoms with Gasteiger partial charge in [0.1, 0.15) is 0 Å². The van der Waals surface area contributed by atoms with Crippen LogP contribution in [0.15, 0.2) is 77.7 Å². The van der Waals surface area contributed by atoms with E-state index in [4.69, 9.17) is 0 Å². The topological polar surface area (TPSA) is 80.2 Å². The second-order valence-electron chi connectivity index (χ2n) is 7.14. The highest BCUT2D eigenvalue weighted by Gasteiger charge is 2.22. The van der Waals surface area contributed by atoms with Crippen LogP contribution >= 0.6 is 0 Å². The monoisotopic (exact) mass is 421 g/mol. The number of nitrogens with zero attached hydrogens (tertiary/aromatic N) is 1. The number of sulfonamides is 1. The number of aryl methyl sites for hydroxylation is 1. The van der Waals surface area contributed by atoms with Gasteiger partial charge in [-0.3, -0.25) is 4.79 Å². The Morgan fingerprint density at radius 1 is 0.933 bits per heavy atom. The lowest BCUT2D eigenvalue weighted by atomic mass is 10.1.